The minimum absolute atomic E-state index is 0.0837. The van der Waals surface area contributed by atoms with Crippen molar-refractivity contribution in [1.82, 2.24) is 9.88 Å². The van der Waals surface area contributed by atoms with Crippen molar-refractivity contribution < 1.29 is 4.79 Å². The molecule has 0 bridgehead atoms. The van der Waals surface area contributed by atoms with Crippen LogP contribution in [-0.2, 0) is 11.2 Å². The second-order valence-corrected chi connectivity index (χ2v) is 7.01. The van der Waals surface area contributed by atoms with Crippen molar-refractivity contribution in [3.63, 3.8) is 0 Å². The summed E-state index contributed by atoms with van der Waals surface area (Å²) in [6.07, 6.45) is 1.20. The fourth-order valence-electron chi connectivity index (χ4n) is 4.01. The van der Waals surface area contributed by atoms with Gasteiger partial charge in [0.25, 0.3) is 0 Å². The van der Waals surface area contributed by atoms with Gasteiger partial charge in [-0.15, -0.1) is 0 Å². The quantitative estimate of drug-likeness (QED) is 0.636. The topological polar surface area (TPSA) is 88.1 Å². The van der Waals surface area contributed by atoms with E-state index in [1.165, 1.54) is 16.5 Å². The molecule has 0 spiro atoms. The number of hydrogen-bond donors (Lipinski definition) is 3. The number of benzene rings is 2. The highest BCUT2D eigenvalue weighted by atomic mass is 16.2. The van der Waals surface area contributed by atoms with Gasteiger partial charge >= 0.3 is 0 Å². The Labute approximate surface area is 153 Å². The lowest BCUT2D eigenvalue weighted by molar-refractivity contribution is -0.133. The number of amides is 1. The smallest absolute Gasteiger partial charge is 0.224 e. The van der Waals surface area contributed by atoms with Crippen LogP contribution in [-0.4, -0.2) is 28.9 Å². The Morgan fingerprint density at radius 1 is 1.27 bits per heavy atom. The lowest BCUT2D eigenvalue weighted by Crippen LogP contribution is -2.41. The molecule has 0 aliphatic carbocycles. The van der Waals surface area contributed by atoms with E-state index in [1.807, 2.05) is 29.2 Å². The molecule has 26 heavy (non-hydrogen) atoms. The molecule has 4 rings (SSSR count). The summed E-state index contributed by atoms with van der Waals surface area (Å²) in [5, 5.41) is 1.25. The minimum Gasteiger partial charge on any atom is -0.399 e. The summed E-state index contributed by atoms with van der Waals surface area (Å²) < 4.78 is 0. The number of carbonyl (C=O) groups is 1. The molecule has 134 valence electrons. The number of H-pyrrole nitrogens is 1. The second kappa shape index (κ2) is 6.50. The van der Waals surface area contributed by atoms with Crippen molar-refractivity contribution in [2.75, 3.05) is 18.8 Å². The van der Waals surface area contributed by atoms with Crippen molar-refractivity contribution in [3.05, 3.63) is 64.8 Å². The number of nitrogens with one attached hydrogen (secondary N) is 1. The first-order chi connectivity index (χ1) is 12.6. The Morgan fingerprint density at radius 3 is 2.88 bits per heavy atom. The van der Waals surface area contributed by atoms with E-state index in [2.05, 4.69) is 30.1 Å². The largest absolute Gasteiger partial charge is 0.399 e. The molecule has 5 N–H and O–H groups in total. The number of nitrogens with zero attached hydrogens (tertiary/aromatic N) is 1. The first-order valence-corrected chi connectivity index (χ1v) is 9.04. The molecule has 1 aliphatic heterocycles. The summed E-state index contributed by atoms with van der Waals surface area (Å²) >= 11 is 0. The fraction of sp³-hybridized carbons (Fsp3) is 0.286. The van der Waals surface area contributed by atoms with E-state index < -0.39 is 0 Å². The molecule has 3 aromatic rings. The average Bonchev–Trinajstić information content (AvgIpc) is 2.99. The van der Waals surface area contributed by atoms with Gasteiger partial charge in [0, 0.05) is 41.8 Å². The first-order valence-electron chi connectivity index (χ1n) is 9.04. The molecule has 5 nitrogen and oxygen atoms in total. The number of aryl methyl sites for hydroxylation is 1. The Kier molecular flexibility index (Phi) is 4.17. The SMILES string of the molecule is Cc1ccc2[nH]c3c(c2c1)CCN(C(=O)CCN)C3c1cccc(N)c1. The highest BCUT2D eigenvalue weighted by Crippen LogP contribution is 2.39. The summed E-state index contributed by atoms with van der Waals surface area (Å²) in [6.45, 7) is 3.15. The lowest BCUT2D eigenvalue weighted by atomic mass is 9.91. The number of rotatable bonds is 3. The van der Waals surface area contributed by atoms with Crippen LogP contribution in [0.15, 0.2) is 42.5 Å². The Bertz CT molecular complexity index is 975. The van der Waals surface area contributed by atoms with Gasteiger partial charge in [-0.2, -0.15) is 0 Å². The molecule has 2 heterocycles. The zero-order chi connectivity index (χ0) is 18.3. The zero-order valence-electron chi connectivity index (χ0n) is 15.0. The van der Waals surface area contributed by atoms with E-state index in [0.29, 0.717) is 25.2 Å². The number of hydrogen-bond acceptors (Lipinski definition) is 3. The van der Waals surface area contributed by atoms with Crippen LogP contribution in [0.25, 0.3) is 10.9 Å². The Hall–Kier alpha value is -2.79. The maximum atomic E-state index is 12.7. The summed E-state index contributed by atoms with van der Waals surface area (Å²) in [7, 11) is 0. The molecule has 1 unspecified atom stereocenters. The average molecular weight is 348 g/mol. The molecule has 2 aromatic carbocycles. The van der Waals surface area contributed by atoms with E-state index in [-0.39, 0.29) is 11.9 Å². The summed E-state index contributed by atoms with van der Waals surface area (Å²) in [5.41, 5.74) is 18.1. The van der Waals surface area contributed by atoms with E-state index in [0.717, 1.165) is 23.2 Å². The van der Waals surface area contributed by atoms with Crippen LogP contribution in [0.1, 0.15) is 34.8 Å². The van der Waals surface area contributed by atoms with Gasteiger partial charge in [0.1, 0.15) is 0 Å². The van der Waals surface area contributed by atoms with Crippen molar-refractivity contribution in [1.29, 1.82) is 0 Å². The fourth-order valence-corrected chi connectivity index (χ4v) is 4.01. The van der Waals surface area contributed by atoms with Gasteiger partial charge in [-0.1, -0.05) is 23.8 Å². The van der Waals surface area contributed by atoms with Crippen LogP contribution in [0.5, 0.6) is 0 Å². The molecule has 1 aliphatic rings. The number of nitrogen functional groups attached to an aromatic ring is 1. The lowest BCUT2D eigenvalue weighted by Gasteiger charge is -2.36. The van der Waals surface area contributed by atoms with E-state index in [1.54, 1.807) is 0 Å². The summed E-state index contributed by atoms with van der Waals surface area (Å²) in [4.78, 5) is 18.3. The molecule has 5 heteroatoms. The molecular weight excluding hydrogens is 324 g/mol. The van der Waals surface area contributed by atoms with Crippen molar-refractivity contribution in [2.24, 2.45) is 5.73 Å². The molecule has 1 amide bonds. The van der Waals surface area contributed by atoms with Gasteiger partial charge in [0.05, 0.1) is 6.04 Å². The highest BCUT2D eigenvalue weighted by Gasteiger charge is 2.34. The molecule has 1 atom stereocenters. The number of aromatic nitrogens is 1. The van der Waals surface area contributed by atoms with Crippen LogP contribution in [0.2, 0.25) is 0 Å². The summed E-state index contributed by atoms with van der Waals surface area (Å²) in [6, 6.07) is 14.1. The van der Waals surface area contributed by atoms with Crippen LogP contribution >= 0.6 is 0 Å². The minimum atomic E-state index is -0.158. The van der Waals surface area contributed by atoms with Gasteiger partial charge in [-0.25, -0.2) is 0 Å². The third-order valence-electron chi connectivity index (χ3n) is 5.19. The standard InChI is InChI=1S/C21H24N4O/c1-13-5-6-18-17(11-13)16-8-10-25(19(26)7-9-22)21(20(16)24-18)14-3-2-4-15(23)12-14/h2-6,11-12,21,24H,7-10,22-23H2,1H3. The molecule has 0 saturated heterocycles. The Balaban J connectivity index is 1.89. The highest BCUT2D eigenvalue weighted by molar-refractivity contribution is 5.87. The zero-order valence-corrected chi connectivity index (χ0v) is 15.0. The van der Waals surface area contributed by atoms with Gasteiger partial charge in [-0.3, -0.25) is 4.79 Å². The first kappa shape index (κ1) is 16.7. The number of fused-ring (bicyclic) bond motifs is 3. The molecular formula is C21H24N4O. The van der Waals surface area contributed by atoms with Crippen LogP contribution in [0.4, 0.5) is 5.69 Å². The van der Waals surface area contributed by atoms with Crippen LogP contribution in [0, 0.1) is 6.92 Å². The predicted octanol–water partition coefficient (Wildman–Crippen LogP) is 2.88. The molecule has 0 radical (unpaired) electrons. The van der Waals surface area contributed by atoms with E-state index in [9.17, 15) is 4.79 Å². The maximum Gasteiger partial charge on any atom is 0.224 e. The number of aromatic amines is 1. The maximum absolute atomic E-state index is 12.7. The third-order valence-corrected chi connectivity index (χ3v) is 5.19. The Morgan fingerprint density at radius 2 is 2.12 bits per heavy atom. The van der Waals surface area contributed by atoms with E-state index in [4.69, 9.17) is 11.5 Å². The second-order valence-electron chi connectivity index (χ2n) is 7.01. The van der Waals surface area contributed by atoms with Crippen molar-refractivity contribution in [3.8, 4) is 0 Å². The monoisotopic (exact) mass is 348 g/mol. The normalized spacial score (nSPS) is 16.7. The molecule has 0 saturated carbocycles. The van der Waals surface area contributed by atoms with Gasteiger partial charge in [0.2, 0.25) is 5.91 Å². The third kappa shape index (κ3) is 2.74. The molecule has 1 aromatic heterocycles. The van der Waals surface area contributed by atoms with E-state index >= 15 is 0 Å². The van der Waals surface area contributed by atoms with Crippen molar-refractivity contribution in [2.45, 2.75) is 25.8 Å². The van der Waals surface area contributed by atoms with Gasteiger partial charge < -0.3 is 21.4 Å². The van der Waals surface area contributed by atoms with Crippen LogP contribution in [0.3, 0.4) is 0 Å². The van der Waals surface area contributed by atoms with Crippen LogP contribution < -0.4 is 11.5 Å². The van der Waals surface area contributed by atoms with Gasteiger partial charge in [0.15, 0.2) is 0 Å². The number of anilines is 1. The summed E-state index contributed by atoms with van der Waals surface area (Å²) in [5.74, 6) is 0.0837. The van der Waals surface area contributed by atoms with Gasteiger partial charge in [-0.05, 0) is 48.7 Å². The number of carbonyl (C=O) groups excluding carboxylic acids is 1. The molecule has 0 fully saturated rings. The predicted molar refractivity (Wildman–Crippen MR) is 105 cm³/mol. The number of nitrogens with two attached hydrogens (primary N) is 2. The van der Waals surface area contributed by atoms with Crippen molar-refractivity contribution >= 4 is 22.5 Å².